The van der Waals surface area contributed by atoms with Crippen molar-refractivity contribution in [2.75, 3.05) is 13.1 Å². The molecule has 0 aromatic rings. The number of nitrogens with zero attached hydrogens (tertiary/aromatic N) is 1. The van der Waals surface area contributed by atoms with Crippen LogP contribution in [0.1, 0.15) is 38.5 Å². The molecule has 1 saturated carbocycles. The molecule has 5 heteroatoms. The van der Waals surface area contributed by atoms with Gasteiger partial charge in [-0.15, -0.1) is 0 Å². The summed E-state index contributed by atoms with van der Waals surface area (Å²) in [5.41, 5.74) is 0. The number of rotatable bonds is 3. The molecule has 1 aliphatic carbocycles. The second kappa shape index (κ2) is 4.84. The van der Waals surface area contributed by atoms with Crippen molar-refractivity contribution in [3.63, 3.8) is 0 Å². The minimum absolute atomic E-state index is 0.0927. The molecule has 1 saturated heterocycles. The first-order valence-corrected chi connectivity index (χ1v) is 7.59. The van der Waals surface area contributed by atoms with Crippen LogP contribution in [0.5, 0.6) is 0 Å². The molecule has 1 atom stereocenters. The van der Waals surface area contributed by atoms with E-state index in [2.05, 4.69) is 0 Å². The highest BCUT2D eigenvalue weighted by molar-refractivity contribution is 7.89. The summed E-state index contributed by atoms with van der Waals surface area (Å²) in [6.45, 7) is 1.01. The number of carbonyl (C=O) groups is 1. The lowest BCUT2D eigenvalue weighted by atomic mass is 10.0. The number of carbonyl (C=O) groups excluding carboxylic acids is 1. The van der Waals surface area contributed by atoms with E-state index in [-0.39, 0.29) is 11.2 Å². The third-order valence-corrected chi connectivity index (χ3v) is 6.06. The maximum absolute atomic E-state index is 12.3. The summed E-state index contributed by atoms with van der Waals surface area (Å²) in [7, 11) is -3.13. The summed E-state index contributed by atoms with van der Waals surface area (Å²) in [5.74, 6) is -0.0927. The van der Waals surface area contributed by atoms with E-state index >= 15 is 0 Å². The van der Waals surface area contributed by atoms with Gasteiger partial charge in [0, 0.05) is 19.0 Å². The number of aldehydes is 1. The summed E-state index contributed by atoms with van der Waals surface area (Å²) < 4.78 is 26.1. The van der Waals surface area contributed by atoms with Gasteiger partial charge in [-0.05, 0) is 25.7 Å². The largest absolute Gasteiger partial charge is 0.303 e. The summed E-state index contributed by atoms with van der Waals surface area (Å²) >= 11 is 0. The molecule has 1 aliphatic heterocycles. The molecule has 0 aromatic heterocycles. The standard InChI is InChI=1S/C11H19NO3S/c13-9-10-4-3-7-12(8-10)16(14,15)11-5-1-2-6-11/h9-11H,1-8H2. The van der Waals surface area contributed by atoms with Gasteiger partial charge in [0.05, 0.1) is 5.25 Å². The van der Waals surface area contributed by atoms with Crippen molar-refractivity contribution in [1.29, 1.82) is 0 Å². The third-order valence-electron chi connectivity index (χ3n) is 3.70. The fourth-order valence-corrected chi connectivity index (χ4v) is 4.85. The van der Waals surface area contributed by atoms with Gasteiger partial charge >= 0.3 is 0 Å². The van der Waals surface area contributed by atoms with Crippen molar-refractivity contribution in [2.24, 2.45) is 5.92 Å². The van der Waals surface area contributed by atoms with Gasteiger partial charge in [0.15, 0.2) is 0 Å². The van der Waals surface area contributed by atoms with Crippen LogP contribution in [0.3, 0.4) is 0 Å². The van der Waals surface area contributed by atoms with Crippen LogP contribution in [0.15, 0.2) is 0 Å². The van der Waals surface area contributed by atoms with Gasteiger partial charge in [-0.2, -0.15) is 0 Å². The van der Waals surface area contributed by atoms with Crippen molar-refractivity contribution >= 4 is 16.3 Å². The molecular weight excluding hydrogens is 226 g/mol. The number of hydrogen-bond acceptors (Lipinski definition) is 3. The van der Waals surface area contributed by atoms with E-state index in [0.717, 1.165) is 44.8 Å². The predicted molar refractivity (Wildman–Crippen MR) is 61.5 cm³/mol. The Labute approximate surface area is 97.1 Å². The van der Waals surface area contributed by atoms with Gasteiger partial charge in [0.1, 0.15) is 6.29 Å². The molecule has 2 aliphatic rings. The van der Waals surface area contributed by atoms with Crippen molar-refractivity contribution in [3.8, 4) is 0 Å². The predicted octanol–water partition coefficient (Wildman–Crippen LogP) is 1.17. The Morgan fingerprint density at radius 1 is 1.06 bits per heavy atom. The second-order valence-corrected chi connectivity index (χ2v) is 7.06. The first-order chi connectivity index (χ1) is 7.64. The summed E-state index contributed by atoms with van der Waals surface area (Å²) in [5, 5.41) is -0.182. The molecule has 0 N–H and O–H groups in total. The minimum atomic E-state index is -3.13. The molecule has 92 valence electrons. The van der Waals surface area contributed by atoms with Crippen LogP contribution in [0.4, 0.5) is 0 Å². The van der Waals surface area contributed by atoms with Gasteiger partial charge in [-0.25, -0.2) is 12.7 Å². The Morgan fingerprint density at radius 2 is 1.75 bits per heavy atom. The first-order valence-electron chi connectivity index (χ1n) is 6.09. The summed E-state index contributed by atoms with van der Waals surface area (Å²) in [6, 6.07) is 0. The van der Waals surface area contributed by atoms with E-state index in [1.165, 1.54) is 0 Å². The molecule has 4 nitrogen and oxygen atoms in total. The zero-order valence-corrected chi connectivity index (χ0v) is 10.3. The monoisotopic (exact) mass is 245 g/mol. The highest BCUT2D eigenvalue weighted by Gasteiger charge is 2.36. The lowest BCUT2D eigenvalue weighted by Crippen LogP contribution is -2.44. The molecule has 2 fully saturated rings. The second-order valence-electron chi connectivity index (χ2n) is 4.85. The van der Waals surface area contributed by atoms with Crippen LogP contribution in [-0.4, -0.2) is 37.3 Å². The molecule has 0 amide bonds. The highest BCUT2D eigenvalue weighted by Crippen LogP contribution is 2.29. The van der Waals surface area contributed by atoms with E-state index in [1.807, 2.05) is 0 Å². The van der Waals surface area contributed by atoms with Crippen molar-refractivity contribution < 1.29 is 13.2 Å². The zero-order valence-electron chi connectivity index (χ0n) is 9.47. The number of sulfonamides is 1. The smallest absolute Gasteiger partial charge is 0.217 e. The van der Waals surface area contributed by atoms with Crippen LogP contribution in [0.25, 0.3) is 0 Å². The Kier molecular flexibility index (Phi) is 3.64. The quantitative estimate of drug-likeness (QED) is 0.701. The Morgan fingerprint density at radius 3 is 2.38 bits per heavy atom. The van der Waals surface area contributed by atoms with Gasteiger partial charge in [-0.3, -0.25) is 0 Å². The first kappa shape index (κ1) is 12.0. The SMILES string of the molecule is O=CC1CCCN(S(=O)(=O)C2CCCC2)C1. The van der Waals surface area contributed by atoms with E-state index in [9.17, 15) is 13.2 Å². The molecule has 1 unspecified atom stereocenters. The van der Waals surface area contributed by atoms with Gasteiger partial charge < -0.3 is 4.79 Å². The van der Waals surface area contributed by atoms with Crippen molar-refractivity contribution in [3.05, 3.63) is 0 Å². The molecule has 16 heavy (non-hydrogen) atoms. The molecular formula is C11H19NO3S. The van der Waals surface area contributed by atoms with Gasteiger partial charge in [0.25, 0.3) is 0 Å². The van der Waals surface area contributed by atoms with E-state index in [4.69, 9.17) is 0 Å². The molecule has 0 bridgehead atoms. The van der Waals surface area contributed by atoms with Crippen LogP contribution in [-0.2, 0) is 14.8 Å². The van der Waals surface area contributed by atoms with Crippen molar-refractivity contribution in [2.45, 2.75) is 43.8 Å². The molecule has 1 heterocycles. The average Bonchev–Trinajstić information content (AvgIpc) is 2.83. The van der Waals surface area contributed by atoms with Crippen molar-refractivity contribution in [1.82, 2.24) is 4.31 Å². The summed E-state index contributed by atoms with van der Waals surface area (Å²) in [4.78, 5) is 10.7. The highest BCUT2D eigenvalue weighted by atomic mass is 32.2. The number of hydrogen-bond donors (Lipinski definition) is 0. The fourth-order valence-electron chi connectivity index (χ4n) is 2.71. The average molecular weight is 245 g/mol. The number of piperidine rings is 1. The Bertz CT molecular complexity index is 346. The Hall–Kier alpha value is -0.420. The van der Waals surface area contributed by atoms with E-state index in [0.29, 0.717) is 13.1 Å². The van der Waals surface area contributed by atoms with Crippen LogP contribution < -0.4 is 0 Å². The Balaban J connectivity index is 2.07. The van der Waals surface area contributed by atoms with Crippen LogP contribution >= 0.6 is 0 Å². The van der Waals surface area contributed by atoms with E-state index in [1.54, 1.807) is 4.31 Å². The third kappa shape index (κ3) is 2.30. The molecule has 0 spiro atoms. The normalized spacial score (nSPS) is 29.4. The van der Waals surface area contributed by atoms with Crippen LogP contribution in [0.2, 0.25) is 0 Å². The molecule has 0 radical (unpaired) electrons. The van der Waals surface area contributed by atoms with Gasteiger partial charge in [-0.1, -0.05) is 12.8 Å². The fraction of sp³-hybridized carbons (Fsp3) is 0.909. The van der Waals surface area contributed by atoms with Crippen LogP contribution in [0, 0.1) is 5.92 Å². The molecule has 0 aromatic carbocycles. The van der Waals surface area contributed by atoms with E-state index < -0.39 is 10.0 Å². The summed E-state index contributed by atoms with van der Waals surface area (Å²) in [6.07, 6.45) is 6.19. The lowest BCUT2D eigenvalue weighted by molar-refractivity contribution is -0.112. The molecule has 2 rings (SSSR count). The maximum atomic E-state index is 12.3. The zero-order chi connectivity index (χ0) is 11.6. The topological polar surface area (TPSA) is 54.5 Å². The van der Waals surface area contributed by atoms with Gasteiger partial charge in [0.2, 0.25) is 10.0 Å². The maximum Gasteiger partial charge on any atom is 0.217 e. The lowest BCUT2D eigenvalue weighted by Gasteiger charge is -2.31. The minimum Gasteiger partial charge on any atom is -0.303 e.